The molecule has 1 aromatic heterocycles. The summed E-state index contributed by atoms with van der Waals surface area (Å²) < 4.78 is 27.5. The molecule has 2 aromatic carbocycles. The molecule has 0 radical (unpaired) electrons. The maximum absolute atomic E-state index is 13.1. The molecular formula is C23H24N4O4S. The molecule has 166 valence electrons. The fourth-order valence-electron chi connectivity index (χ4n) is 3.70. The lowest BCUT2D eigenvalue weighted by Gasteiger charge is -2.27. The van der Waals surface area contributed by atoms with Gasteiger partial charge in [-0.15, -0.1) is 0 Å². The van der Waals surface area contributed by atoms with Crippen LogP contribution in [0.15, 0.2) is 58.2 Å². The molecule has 9 heteroatoms. The van der Waals surface area contributed by atoms with Crippen molar-refractivity contribution in [1.82, 2.24) is 14.3 Å². The summed E-state index contributed by atoms with van der Waals surface area (Å²) in [5.41, 5.74) is 3.43. The Morgan fingerprint density at radius 3 is 2.47 bits per heavy atom. The minimum absolute atomic E-state index is 0.0295. The van der Waals surface area contributed by atoms with Crippen LogP contribution in [0.5, 0.6) is 0 Å². The normalized spacial score (nSPS) is 14.1. The second-order valence-corrected chi connectivity index (χ2v) is 9.83. The van der Waals surface area contributed by atoms with Gasteiger partial charge in [-0.1, -0.05) is 29.8 Å². The van der Waals surface area contributed by atoms with E-state index in [0.717, 1.165) is 11.1 Å². The molecule has 0 saturated heterocycles. The average Bonchev–Trinajstić information content (AvgIpc) is 2.75. The van der Waals surface area contributed by atoms with Gasteiger partial charge in [0.15, 0.2) is 0 Å². The van der Waals surface area contributed by atoms with E-state index in [9.17, 15) is 18.0 Å². The smallest absolute Gasteiger partial charge is 0.255 e. The number of hydrogen-bond acceptors (Lipinski definition) is 5. The zero-order valence-electron chi connectivity index (χ0n) is 17.9. The van der Waals surface area contributed by atoms with Gasteiger partial charge < -0.3 is 10.3 Å². The minimum atomic E-state index is -3.79. The number of amides is 1. The van der Waals surface area contributed by atoms with Crippen LogP contribution in [0.3, 0.4) is 0 Å². The second kappa shape index (κ2) is 8.68. The summed E-state index contributed by atoms with van der Waals surface area (Å²) in [6.07, 6.45) is 0.870. The summed E-state index contributed by atoms with van der Waals surface area (Å²) in [5, 5.41) is 2.61. The second-order valence-electron chi connectivity index (χ2n) is 7.89. The van der Waals surface area contributed by atoms with E-state index < -0.39 is 10.0 Å². The third-order valence-corrected chi connectivity index (χ3v) is 7.25. The molecule has 1 aliphatic heterocycles. The van der Waals surface area contributed by atoms with Gasteiger partial charge in [0.25, 0.3) is 5.56 Å². The number of carbonyl (C=O) groups is 1. The van der Waals surface area contributed by atoms with Gasteiger partial charge in [0.2, 0.25) is 15.9 Å². The van der Waals surface area contributed by atoms with Crippen LogP contribution >= 0.6 is 0 Å². The SMILES string of the molecule is CC(=O)Nc1ccc(S(=O)(=O)N2CCc3nc(Cc4ccc(C)cc4)[nH]c(=O)c3C2)cc1. The van der Waals surface area contributed by atoms with E-state index in [2.05, 4.69) is 15.3 Å². The lowest BCUT2D eigenvalue weighted by molar-refractivity contribution is -0.114. The quantitative estimate of drug-likeness (QED) is 0.617. The summed E-state index contributed by atoms with van der Waals surface area (Å²) in [7, 11) is -3.79. The Kier molecular flexibility index (Phi) is 5.94. The van der Waals surface area contributed by atoms with Crippen molar-refractivity contribution in [2.24, 2.45) is 0 Å². The fraction of sp³-hybridized carbons (Fsp3) is 0.261. The van der Waals surface area contributed by atoms with Crippen molar-refractivity contribution in [2.45, 2.75) is 38.1 Å². The van der Waals surface area contributed by atoms with Crippen molar-refractivity contribution in [3.63, 3.8) is 0 Å². The first kappa shape index (κ1) is 21.9. The highest BCUT2D eigenvalue weighted by atomic mass is 32.2. The van der Waals surface area contributed by atoms with Gasteiger partial charge >= 0.3 is 0 Å². The maximum atomic E-state index is 13.1. The Morgan fingerprint density at radius 2 is 1.81 bits per heavy atom. The number of anilines is 1. The van der Waals surface area contributed by atoms with Crippen molar-refractivity contribution in [2.75, 3.05) is 11.9 Å². The number of fused-ring (bicyclic) bond motifs is 1. The number of nitrogens with zero attached hydrogens (tertiary/aromatic N) is 2. The van der Waals surface area contributed by atoms with Crippen LogP contribution in [-0.2, 0) is 34.2 Å². The van der Waals surface area contributed by atoms with Gasteiger partial charge in [-0.2, -0.15) is 4.31 Å². The van der Waals surface area contributed by atoms with Crippen LogP contribution in [-0.4, -0.2) is 35.1 Å². The molecule has 4 rings (SSSR count). The van der Waals surface area contributed by atoms with E-state index in [-0.39, 0.29) is 29.5 Å². The van der Waals surface area contributed by atoms with E-state index in [4.69, 9.17) is 0 Å². The molecule has 0 atom stereocenters. The standard InChI is InChI=1S/C23H24N4O4S/c1-15-3-5-17(6-4-15)13-22-25-21-11-12-27(14-20(21)23(29)26-22)32(30,31)19-9-7-18(8-10-19)24-16(2)28/h3-10H,11-14H2,1-2H3,(H,24,28)(H,25,26,29). The number of sulfonamides is 1. The molecule has 0 spiro atoms. The minimum Gasteiger partial charge on any atom is -0.326 e. The zero-order valence-corrected chi connectivity index (χ0v) is 18.7. The van der Waals surface area contributed by atoms with Crippen molar-refractivity contribution in [3.05, 3.63) is 87.1 Å². The first-order valence-electron chi connectivity index (χ1n) is 10.3. The third kappa shape index (κ3) is 4.63. The van der Waals surface area contributed by atoms with Gasteiger partial charge in [-0.05, 0) is 36.8 Å². The van der Waals surface area contributed by atoms with E-state index in [1.165, 1.54) is 35.5 Å². The number of rotatable bonds is 5. The summed E-state index contributed by atoms with van der Waals surface area (Å²) >= 11 is 0. The number of H-pyrrole nitrogens is 1. The third-order valence-electron chi connectivity index (χ3n) is 5.39. The molecule has 2 heterocycles. The summed E-state index contributed by atoms with van der Waals surface area (Å²) in [5.74, 6) is 0.337. The van der Waals surface area contributed by atoms with Crippen LogP contribution in [0, 0.1) is 6.92 Å². The zero-order chi connectivity index (χ0) is 22.9. The monoisotopic (exact) mass is 452 g/mol. The summed E-state index contributed by atoms with van der Waals surface area (Å²) in [4.78, 5) is 31.4. The van der Waals surface area contributed by atoms with Gasteiger partial charge in [0.05, 0.1) is 16.2 Å². The number of aromatic nitrogens is 2. The van der Waals surface area contributed by atoms with Crippen LogP contribution < -0.4 is 10.9 Å². The number of nitrogens with one attached hydrogen (secondary N) is 2. The molecule has 0 fully saturated rings. The molecule has 3 aromatic rings. The highest BCUT2D eigenvalue weighted by Gasteiger charge is 2.30. The number of aromatic amines is 1. The molecule has 2 N–H and O–H groups in total. The largest absolute Gasteiger partial charge is 0.326 e. The Bertz CT molecular complexity index is 1310. The Balaban J connectivity index is 1.54. The molecule has 32 heavy (non-hydrogen) atoms. The molecule has 0 aliphatic carbocycles. The molecule has 8 nitrogen and oxygen atoms in total. The number of benzene rings is 2. The highest BCUT2D eigenvalue weighted by Crippen LogP contribution is 2.24. The Morgan fingerprint density at radius 1 is 1.12 bits per heavy atom. The molecule has 0 saturated carbocycles. The molecule has 0 bridgehead atoms. The van der Waals surface area contributed by atoms with Gasteiger partial charge in [-0.25, -0.2) is 13.4 Å². The van der Waals surface area contributed by atoms with Crippen LogP contribution in [0.4, 0.5) is 5.69 Å². The molecule has 1 amide bonds. The predicted molar refractivity (Wildman–Crippen MR) is 121 cm³/mol. The Labute approximate surface area is 186 Å². The van der Waals surface area contributed by atoms with Crippen LogP contribution in [0.25, 0.3) is 0 Å². The lowest BCUT2D eigenvalue weighted by atomic mass is 10.1. The predicted octanol–water partition coefficient (Wildman–Crippen LogP) is 2.37. The Hall–Kier alpha value is -3.30. The highest BCUT2D eigenvalue weighted by molar-refractivity contribution is 7.89. The molecule has 0 unspecified atom stereocenters. The van der Waals surface area contributed by atoms with E-state index in [1.807, 2.05) is 31.2 Å². The molecule has 1 aliphatic rings. The van der Waals surface area contributed by atoms with Gasteiger partial charge in [0, 0.05) is 38.5 Å². The first-order valence-corrected chi connectivity index (χ1v) is 11.7. The average molecular weight is 453 g/mol. The van der Waals surface area contributed by atoms with E-state index in [0.29, 0.717) is 35.6 Å². The van der Waals surface area contributed by atoms with E-state index >= 15 is 0 Å². The maximum Gasteiger partial charge on any atom is 0.255 e. The number of aryl methyl sites for hydroxylation is 1. The van der Waals surface area contributed by atoms with Crippen molar-refractivity contribution < 1.29 is 13.2 Å². The first-order chi connectivity index (χ1) is 15.2. The lowest BCUT2D eigenvalue weighted by Crippen LogP contribution is -2.39. The number of carbonyl (C=O) groups excluding carboxylic acids is 1. The van der Waals surface area contributed by atoms with Crippen molar-refractivity contribution in [3.8, 4) is 0 Å². The van der Waals surface area contributed by atoms with Gasteiger partial charge in [0.1, 0.15) is 5.82 Å². The summed E-state index contributed by atoms with van der Waals surface area (Å²) in [6, 6.07) is 14.0. The fourth-order valence-corrected chi connectivity index (χ4v) is 5.11. The van der Waals surface area contributed by atoms with E-state index in [1.54, 1.807) is 0 Å². The van der Waals surface area contributed by atoms with Crippen molar-refractivity contribution >= 4 is 21.6 Å². The molecular weight excluding hydrogens is 428 g/mol. The van der Waals surface area contributed by atoms with Crippen LogP contribution in [0.2, 0.25) is 0 Å². The van der Waals surface area contributed by atoms with Crippen molar-refractivity contribution in [1.29, 1.82) is 0 Å². The van der Waals surface area contributed by atoms with Gasteiger partial charge in [-0.3, -0.25) is 9.59 Å². The number of hydrogen-bond donors (Lipinski definition) is 2. The summed E-state index contributed by atoms with van der Waals surface area (Å²) in [6.45, 7) is 3.61. The van der Waals surface area contributed by atoms with Crippen LogP contribution in [0.1, 0.15) is 35.1 Å². The topological polar surface area (TPSA) is 112 Å².